The maximum Gasteiger partial charge on any atom is 0.262 e. The van der Waals surface area contributed by atoms with Crippen LogP contribution in [0.2, 0.25) is 0 Å². The number of nitriles is 1. The van der Waals surface area contributed by atoms with E-state index in [1.807, 2.05) is 25.1 Å². The molecule has 2 rings (SSSR count). The zero-order chi connectivity index (χ0) is 15.9. The highest BCUT2D eigenvalue weighted by Gasteiger charge is 2.19. The van der Waals surface area contributed by atoms with Crippen molar-refractivity contribution in [2.24, 2.45) is 5.92 Å². The number of carbonyl (C=O) groups is 1. The van der Waals surface area contributed by atoms with Crippen LogP contribution < -0.4 is 5.32 Å². The number of nitrogens with one attached hydrogen (secondary N) is 1. The molecule has 1 N–H and O–H groups in total. The molecule has 0 saturated heterocycles. The number of rotatable bonds is 4. The summed E-state index contributed by atoms with van der Waals surface area (Å²) in [6.45, 7) is 1.94. The number of hydrogen-bond acceptors (Lipinski definition) is 3. The molecule has 1 aliphatic carbocycles. The number of halogens is 1. The van der Waals surface area contributed by atoms with Crippen molar-refractivity contribution in [3.63, 3.8) is 0 Å². The monoisotopic (exact) mass is 357 g/mol. The summed E-state index contributed by atoms with van der Waals surface area (Å²) in [5.74, 6) is -0.127. The van der Waals surface area contributed by atoms with Crippen LogP contribution in [0.1, 0.15) is 19.0 Å². The van der Waals surface area contributed by atoms with Crippen LogP contribution in [0.25, 0.3) is 6.08 Å². The molecule has 0 radical (unpaired) electrons. The number of aromatic nitrogens is 1. The smallest absolute Gasteiger partial charge is 0.262 e. The summed E-state index contributed by atoms with van der Waals surface area (Å²) in [6.07, 6.45) is 10.5. The van der Waals surface area contributed by atoms with Crippen LogP contribution >= 0.6 is 15.9 Å². The Hall–Kier alpha value is -2.19. The van der Waals surface area contributed by atoms with Crippen LogP contribution in [0, 0.1) is 17.2 Å². The number of amides is 1. The van der Waals surface area contributed by atoms with Crippen LogP contribution in [0.5, 0.6) is 0 Å². The third kappa shape index (κ3) is 4.40. The molecule has 1 aliphatic rings. The summed E-state index contributed by atoms with van der Waals surface area (Å²) in [5, 5.41) is 12.1. The first-order chi connectivity index (χ1) is 10.6. The van der Waals surface area contributed by atoms with Crippen molar-refractivity contribution in [3.8, 4) is 6.07 Å². The van der Waals surface area contributed by atoms with Crippen LogP contribution in [0.15, 0.2) is 52.7 Å². The third-order valence-corrected chi connectivity index (χ3v) is 3.85. The lowest BCUT2D eigenvalue weighted by Gasteiger charge is -2.22. The molecule has 112 valence electrons. The average molecular weight is 358 g/mol. The summed E-state index contributed by atoms with van der Waals surface area (Å²) in [7, 11) is 0. The van der Waals surface area contributed by atoms with E-state index in [1.54, 1.807) is 18.2 Å². The Morgan fingerprint density at radius 3 is 3.00 bits per heavy atom. The maximum absolute atomic E-state index is 12.2. The van der Waals surface area contributed by atoms with Gasteiger partial charge in [-0.1, -0.05) is 30.4 Å². The van der Waals surface area contributed by atoms with Gasteiger partial charge in [-0.25, -0.2) is 4.98 Å². The highest BCUT2D eigenvalue weighted by atomic mass is 79.9. The van der Waals surface area contributed by atoms with E-state index in [9.17, 15) is 10.1 Å². The summed E-state index contributed by atoms with van der Waals surface area (Å²) < 4.78 is 0.659. The second-order valence-corrected chi connectivity index (χ2v) is 5.84. The molecule has 22 heavy (non-hydrogen) atoms. The molecule has 0 saturated carbocycles. The zero-order valence-corrected chi connectivity index (χ0v) is 13.7. The normalized spacial score (nSPS) is 18.6. The van der Waals surface area contributed by atoms with Crippen LogP contribution in [-0.4, -0.2) is 16.9 Å². The Labute approximate surface area is 138 Å². The molecular weight excluding hydrogens is 342 g/mol. The Kier molecular flexibility index (Phi) is 5.68. The van der Waals surface area contributed by atoms with E-state index < -0.39 is 0 Å². The molecule has 2 atom stereocenters. The topological polar surface area (TPSA) is 65.8 Å². The molecule has 5 heteroatoms. The zero-order valence-electron chi connectivity index (χ0n) is 12.2. The van der Waals surface area contributed by atoms with Gasteiger partial charge in [0.2, 0.25) is 0 Å². The largest absolute Gasteiger partial charge is 0.348 e. The number of allylic oxidation sites excluding steroid dienone is 3. The Morgan fingerprint density at radius 2 is 2.36 bits per heavy atom. The summed E-state index contributed by atoms with van der Waals surface area (Å²) in [6, 6.07) is 7.23. The maximum atomic E-state index is 12.2. The van der Waals surface area contributed by atoms with E-state index in [0.29, 0.717) is 10.3 Å². The fourth-order valence-corrected chi connectivity index (χ4v) is 2.52. The molecule has 0 spiro atoms. The molecule has 4 nitrogen and oxygen atoms in total. The van der Waals surface area contributed by atoms with Gasteiger partial charge in [0.05, 0.1) is 5.69 Å². The van der Waals surface area contributed by atoms with Gasteiger partial charge in [0.15, 0.2) is 0 Å². The summed E-state index contributed by atoms with van der Waals surface area (Å²) in [5.41, 5.74) is 0.613. The third-order valence-electron chi connectivity index (χ3n) is 3.41. The molecule has 1 aromatic heterocycles. The number of hydrogen-bond donors (Lipinski definition) is 1. The van der Waals surface area contributed by atoms with Crippen molar-refractivity contribution in [2.75, 3.05) is 0 Å². The number of pyridine rings is 1. The van der Waals surface area contributed by atoms with Gasteiger partial charge in [0, 0.05) is 12.0 Å². The van der Waals surface area contributed by atoms with E-state index in [-0.39, 0.29) is 23.4 Å². The fraction of sp³-hybridized carbons (Fsp3) is 0.235. The lowest BCUT2D eigenvalue weighted by molar-refractivity contribution is -0.117. The van der Waals surface area contributed by atoms with Gasteiger partial charge >= 0.3 is 0 Å². The number of nitrogens with zero attached hydrogens (tertiary/aromatic N) is 2. The minimum Gasteiger partial charge on any atom is -0.348 e. The van der Waals surface area contributed by atoms with Crippen molar-refractivity contribution in [1.82, 2.24) is 10.3 Å². The Morgan fingerprint density at radius 1 is 1.55 bits per heavy atom. The molecule has 1 aromatic rings. The minimum absolute atomic E-state index is 0.0408. The van der Waals surface area contributed by atoms with Gasteiger partial charge < -0.3 is 5.32 Å². The van der Waals surface area contributed by atoms with E-state index in [4.69, 9.17) is 0 Å². The SMILES string of the molecule is C[C@H](NC(=O)/C(C#N)=C/c1cccc(Br)n1)C1C=CC=CC1. The first-order valence-electron chi connectivity index (χ1n) is 6.98. The fourth-order valence-electron chi connectivity index (χ4n) is 2.16. The molecule has 0 aromatic carbocycles. The first kappa shape index (κ1) is 16.2. The van der Waals surface area contributed by atoms with Crippen LogP contribution in [0.3, 0.4) is 0 Å². The molecule has 1 heterocycles. The average Bonchev–Trinajstić information content (AvgIpc) is 2.53. The molecule has 1 unspecified atom stereocenters. The molecule has 0 aliphatic heterocycles. The van der Waals surface area contributed by atoms with Gasteiger partial charge in [0.25, 0.3) is 5.91 Å². The Bertz CT molecular complexity index is 685. The van der Waals surface area contributed by atoms with E-state index in [0.717, 1.165) is 6.42 Å². The second kappa shape index (κ2) is 7.71. The summed E-state index contributed by atoms with van der Waals surface area (Å²) >= 11 is 3.27. The van der Waals surface area contributed by atoms with Gasteiger partial charge in [0.1, 0.15) is 16.2 Å². The lowest BCUT2D eigenvalue weighted by atomic mass is 9.93. The van der Waals surface area contributed by atoms with Crippen molar-refractivity contribution < 1.29 is 4.79 Å². The predicted molar refractivity (Wildman–Crippen MR) is 89.5 cm³/mol. The quantitative estimate of drug-likeness (QED) is 0.510. The minimum atomic E-state index is -0.375. The van der Waals surface area contributed by atoms with Crippen LogP contribution in [-0.2, 0) is 4.79 Å². The van der Waals surface area contributed by atoms with Gasteiger partial charge in [-0.15, -0.1) is 0 Å². The van der Waals surface area contributed by atoms with Crippen molar-refractivity contribution in [1.29, 1.82) is 5.26 Å². The van der Waals surface area contributed by atoms with Gasteiger partial charge in [-0.05, 0) is 47.5 Å². The van der Waals surface area contributed by atoms with Gasteiger partial charge in [-0.3, -0.25) is 4.79 Å². The van der Waals surface area contributed by atoms with Gasteiger partial charge in [-0.2, -0.15) is 5.26 Å². The lowest BCUT2D eigenvalue weighted by Crippen LogP contribution is -2.38. The van der Waals surface area contributed by atoms with Crippen molar-refractivity contribution in [3.05, 3.63) is 58.4 Å². The van der Waals surface area contributed by atoms with Crippen molar-refractivity contribution >= 4 is 27.9 Å². The van der Waals surface area contributed by atoms with E-state index >= 15 is 0 Å². The highest BCUT2D eigenvalue weighted by Crippen LogP contribution is 2.16. The van der Waals surface area contributed by atoms with Crippen molar-refractivity contribution in [2.45, 2.75) is 19.4 Å². The van der Waals surface area contributed by atoms with E-state index in [1.165, 1.54) is 6.08 Å². The predicted octanol–water partition coefficient (Wildman–Crippen LogP) is 3.39. The molecule has 0 bridgehead atoms. The molecule has 1 amide bonds. The Balaban J connectivity index is 2.07. The molecular formula is C17H16BrN3O. The second-order valence-electron chi connectivity index (χ2n) is 5.03. The molecule has 0 fully saturated rings. The summed E-state index contributed by atoms with van der Waals surface area (Å²) in [4.78, 5) is 16.4. The number of carbonyl (C=O) groups excluding carboxylic acids is 1. The van der Waals surface area contributed by atoms with Crippen LogP contribution in [0.4, 0.5) is 0 Å². The highest BCUT2D eigenvalue weighted by molar-refractivity contribution is 9.10. The standard InChI is InChI=1S/C17H16BrN3O/c1-12(13-6-3-2-4-7-13)20-17(22)14(11-19)10-15-8-5-9-16(18)21-15/h2-6,8-10,12-13H,7H2,1H3,(H,20,22)/b14-10+/t12-,13?/m0/s1. The first-order valence-corrected chi connectivity index (χ1v) is 7.78. The van der Waals surface area contributed by atoms with E-state index in [2.05, 4.69) is 38.4 Å².